The van der Waals surface area contributed by atoms with Gasteiger partial charge in [-0.05, 0) is 49.2 Å². The van der Waals surface area contributed by atoms with E-state index in [1.807, 2.05) is 36.4 Å². The number of benzene rings is 2. The summed E-state index contributed by atoms with van der Waals surface area (Å²) in [4.78, 5) is 15.0. The summed E-state index contributed by atoms with van der Waals surface area (Å²) in [5.74, 6) is 0.163. The number of rotatable bonds is 2. The molecule has 0 bridgehead atoms. The lowest BCUT2D eigenvalue weighted by Gasteiger charge is -2.38. The van der Waals surface area contributed by atoms with Crippen LogP contribution in [0, 0.1) is 0 Å². The second-order valence-electron chi connectivity index (χ2n) is 6.45. The second kappa shape index (κ2) is 5.66. The zero-order valence-corrected chi connectivity index (χ0v) is 13.6. The highest BCUT2D eigenvalue weighted by molar-refractivity contribution is 6.31. The Morgan fingerprint density at radius 2 is 1.74 bits per heavy atom. The Labute approximate surface area is 141 Å². The summed E-state index contributed by atoms with van der Waals surface area (Å²) >= 11 is 6.26. The Hall–Kier alpha value is -1.84. The van der Waals surface area contributed by atoms with E-state index in [2.05, 4.69) is 22.3 Å². The van der Waals surface area contributed by atoms with Crippen molar-refractivity contribution in [2.45, 2.75) is 24.8 Å². The van der Waals surface area contributed by atoms with Gasteiger partial charge in [-0.3, -0.25) is 9.69 Å². The fourth-order valence-electron chi connectivity index (χ4n) is 3.83. The van der Waals surface area contributed by atoms with Gasteiger partial charge in [-0.1, -0.05) is 48.0 Å². The number of carbonyl (C=O) groups excluding carboxylic acids is 1. The number of anilines is 1. The van der Waals surface area contributed by atoms with Crippen LogP contribution in [0.4, 0.5) is 5.69 Å². The van der Waals surface area contributed by atoms with Crippen molar-refractivity contribution >= 4 is 23.2 Å². The van der Waals surface area contributed by atoms with Gasteiger partial charge in [0.25, 0.3) is 0 Å². The molecule has 3 nitrogen and oxygen atoms in total. The van der Waals surface area contributed by atoms with Gasteiger partial charge in [0.15, 0.2) is 0 Å². The van der Waals surface area contributed by atoms with E-state index in [1.54, 1.807) is 0 Å². The maximum absolute atomic E-state index is 12.6. The Bertz CT molecular complexity index is 751. The zero-order chi connectivity index (χ0) is 15.9. The van der Waals surface area contributed by atoms with Crippen LogP contribution in [0.1, 0.15) is 24.0 Å². The van der Waals surface area contributed by atoms with E-state index in [9.17, 15) is 4.79 Å². The van der Waals surface area contributed by atoms with E-state index in [0.29, 0.717) is 0 Å². The molecule has 0 radical (unpaired) electrons. The van der Waals surface area contributed by atoms with Gasteiger partial charge in [0.1, 0.15) is 0 Å². The van der Waals surface area contributed by atoms with Crippen LogP contribution >= 0.6 is 11.6 Å². The molecule has 2 aromatic carbocycles. The van der Waals surface area contributed by atoms with Crippen LogP contribution in [0.15, 0.2) is 48.5 Å². The van der Waals surface area contributed by atoms with Gasteiger partial charge in [0, 0.05) is 17.3 Å². The van der Waals surface area contributed by atoms with Crippen molar-refractivity contribution in [2.24, 2.45) is 0 Å². The van der Waals surface area contributed by atoms with E-state index < -0.39 is 0 Å². The molecule has 4 rings (SSSR count). The summed E-state index contributed by atoms with van der Waals surface area (Å²) in [6.45, 7) is 2.67. The van der Waals surface area contributed by atoms with Gasteiger partial charge in [0.2, 0.25) is 5.91 Å². The number of carbonyl (C=O) groups is 1. The summed E-state index contributed by atoms with van der Waals surface area (Å²) < 4.78 is 0. The van der Waals surface area contributed by atoms with Crippen LogP contribution in [-0.4, -0.2) is 23.9 Å². The minimum Gasteiger partial charge on any atom is -0.325 e. The molecule has 4 heteroatoms. The summed E-state index contributed by atoms with van der Waals surface area (Å²) in [5, 5.41) is 3.87. The number of likely N-dealkylation sites (tertiary alicyclic amines) is 1. The predicted octanol–water partition coefficient (Wildman–Crippen LogP) is 3.83. The first-order valence-electron chi connectivity index (χ1n) is 8.06. The minimum atomic E-state index is -0.340. The molecule has 0 atom stereocenters. The van der Waals surface area contributed by atoms with Crippen LogP contribution in [0.5, 0.6) is 0 Å². The highest BCUT2D eigenvalue weighted by Gasteiger charge is 2.48. The molecule has 118 valence electrons. The first-order chi connectivity index (χ1) is 11.2. The van der Waals surface area contributed by atoms with Crippen LogP contribution in [0.3, 0.4) is 0 Å². The van der Waals surface area contributed by atoms with Crippen LogP contribution in [-0.2, 0) is 16.8 Å². The van der Waals surface area contributed by atoms with Crippen molar-refractivity contribution in [2.75, 3.05) is 18.4 Å². The fraction of sp³-hybridized carbons (Fsp3) is 0.316. The maximum atomic E-state index is 12.6. The lowest BCUT2D eigenvalue weighted by atomic mass is 9.73. The van der Waals surface area contributed by atoms with Crippen LogP contribution < -0.4 is 5.32 Å². The van der Waals surface area contributed by atoms with Crippen LogP contribution in [0.2, 0.25) is 5.02 Å². The maximum Gasteiger partial charge on any atom is 0.235 e. The molecule has 0 aromatic heterocycles. The largest absolute Gasteiger partial charge is 0.325 e. The molecule has 0 saturated carbocycles. The van der Waals surface area contributed by atoms with Gasteiger partial charge in [-0.2, -0.15) is 0 Å². The Morgan fingerprint density at radius 3 is 2.52 bits per heavy atom. The minimum absolute atomic E-state index is 0.163. The SMILES string of the molecule is O=C1Nc2ccccc2C12CCN(Cc1ccccc1Cl)CC2. The molecule has 2 aromatic rings. The molecule has 1 fully saturated rings. The standard InChI is InChI=1S/C19H19ClN2O/c20-16-7-3-1-5-14(16)13-22-11-9-19(10-12-22)15-6-2-4-8-17(15)21-18(19)23/h1-8H,9-13H2,(H,21,23). The Balaban J connectivity index is 1.51. The molecule has 23 heavy (non-hydrogen) atoms. The molecule has 1 N–H and O–H groups in total. The predicted molar refractivity (Wildman–Crippen MR) is 92.7 cm³/mol. The van der Waals surface area contributed by atoms with Crippen molar-refractivity contribution < 1.29 is 4.79 Å². The number of fused-ring (bicyclic) bond motifs is 2. The molecule has 2 aliphatic rings. The van der Waals surface area contributed by atoms with Crippen molar-refractivity contribution in [1.82, 2.24) is 4.90 Å². The number of hydrogen-bond donors (Lipinski definition) is 1. The third kappa shape index (κ3) is 2.44. The lowest BCUT2D eigenvalue weighted by molar-refractivity contribution is -0.122. The first kappa shape index (κ1) is 14.7. The van der Waals surface area contributed by atoms with Gasteiger partial charge in [-0.25, -0.2) is 0 Å². The highest BCUT2D eigenvalue weighted by atomic mass is 35.5. The Kier molecular flexibility index (Phi) is 3.63. The molecule has 2 aliphatic heterocycles. The smallest absolute Gasteiger partial charge is 0.235 e. The number of nitrogens with one attached hydrogen (secondary N) is 1. The lowest BCUT2D eigenvalue weighted by Crippen LogP contribution is -2.46. The monoisotopic (exact) mass is 326 g/mol. The van der Waals surface area contributed by atoms with E-state index in [-0.39, 0.29) is 11.3 Å². The topological polar surface area (TPSA) is 32.3 Å². The van der Waals surface area contributed by atoms with Gasteiger partial charge >= 0.3 is 0 Å². The van der Waals surface area contributed by atoms with Crippen LogP contribution in [0.25, 0.3) is 0 Å². The van der Waals surface area contributed by atoms with Gasteiger partial charge < -0.3 is 5.32 Å². The van der Waals surface area contributed by atoms with Crippen molar-refractivity contribution in [3.8, 4) is 0 Å². The summed E-state index contributed by atoms with van der Waals surface area (Å²) in [6.07, 6.45) is 1.72. The molecule has 1 saturated heterocycles. The summed E-state index contributed by atoms with van der Waals surface area (Å²) in [5.41, 5.74) is 2.97. The highest BCUT2D eigenvalue weighted by Crippen LogP contribution is 2.44. The number of halogens is 1. The third-order valence-electron chi connectivity index (χ3n) is 5.19. The summed E-state index contributed by atoms with van der Waals surface area (Å²) in [7, 11) is 0. The molecule has 1 amide bonds. The van der Waals surface area contributed by atoms with Gasteiger partial charge in [0.05, 0.1) is 5.41 Å². The molecule has 0 aliphatic carbocycles. The number of nitrogens with zero attached hydrogens (tertiary/aromatic N) is 1. The molecular formula is C19H19ClN2O. The van der Waals surface area contributed by atoms with E-state index in [0.717, 1.165) is 48.7 Å². The quantitative estimate of drug-likeness (QED) is 0.909. The van der Waals surface area contributed by atoms with Crippen molar-refractivity contribution in [1.29, 1.82) is 0 Å². The van der Waals surface area contributed by atoms with Crippen molar-refractivity contribution in [3.05, 3.63) is 64.7 Å². The fourth-order valence-corrected chi connectivity index (χ4v) is 4.03. The Morgan fingerprint density at radius 1 is 1.04 bits per heavy atom. The normalized spacial score (nSPS) is 19.6. The molecule has 0 unspecified atom stereocenters. The molecular weight excluding hydrogens is 308 g/mol. The second-order valence-corrected chi connectivity index (χ2v) is 6.86. The number of amides is 1. The van der Waals surface area contributed by atoms with E-state index >= 15 is 0 Å². The molecule has 2 heterocycles. The van der Waals surface area contributed by atoms with E-state index in [1.165, 1.54) is 5.56 Å². The number of hydrogen-bond acceptors (Lipinski definition) is 2. The number of para-hydroxylation sites is 1. The summed E-state index contributed by atoms with van der Waals surface area (Å²) in [6, 6.07) is 16.1. The zero-order valence-electron chi connectivity index (χ0n) is 12.9. The third-order valence-corrected chi connectivity index (χ3v) is 5.56. The van der Waals surface area contributed by atoms with E-state index in [4.69, 9.17) is 11.6 Å². The van der Waals surface area contributed by atoms with Gasteiger partial charge in [-0.15, -0.1) is 0 Å². The average molecular weight is 327 g/mol. The average Bonchev–Trinajstić information content (AvgIpc) is 2.84. The van der Waals surface area contributed by atoms with Crippen molar-refractivity contribution in [3.63, 3.8) is 0 Å². The number of piperidine rings is 1. The first-order valence-corrected chi connectivity index (χ1v) is 8.44. The molecule has 1 spiro atoms.